The van der Waals surface area contributed by atoms with Crippen LogP contribution in [0.2, 0.25) is 0 Å². The molecule has 1 atom stereocenters. The van der Waals surface area contributed by atoms with Crippen molar-refractivity contribution in [2.75, 3.05) is 5.32 Å². The van der Waals surface area contributed by atoms with Crippen molar-refractivity contribution in [1.82, 2.24) is 0 Å². The number of anilines is 1. The summed E-state index contributed by atoms with van der Waals surface area (Å²) in [7, 11) is 0. The number of carbonyl (C=O) groups is 1. The quantitative estimate of drug-likeness (QED) is 0.859. The standard InChI is InChI=1S/C11H15FN2O.ClH/c1-7-3-9(12)6-10(4-7)14-11(15)5-8(2)13;/h3-4,6,8H,5,13H2,1-2H3,(H,14,15);1H. The van der Waals surface area contributed by atoms with Crippen LogP contribution in [-0.2, 0) is 4.79 Å². The lowest BCUT2D eigenvalue weighted by atomic mass is 10.2. The third kappa shape index (κ3) is 5.09. The van der Waals surface area contributed by atoms with Gasteiger partial charge in [-0.15, -0.1) is 12.4 Å². The SMILES string of the molecule is Cc1cc(F)cc(NC(=O)CC(C)N)c1.Cl. The van der Waals surface area contributed by atoms with Crippen LogP contribution in [0.4, 0.5) is 10.1 Å². The Labute approximate surface area is 101 Å². The Bertz CT molecular complexity index is 349. The summed E-state index contributed by atoms with van der Waals surface area (Å²) in [5, 5.41) is 2.60. The molecule has 0 spiro atoms. The first-order valence-corrected chi connectivity index (χ1v) is 4.80. The van der Waals surface area contributed by atoms with Crippen LogP contribution < -0.4 is 11.1 Å². The Kier molecular flexibility index (Phi) is 6.00. The maximum absolute atomic E-state index is 13.0. The number of rotatable bonds is 3. The number of carbonyl (C=O) groups excluding carboxylic acids is 1. The van der Waals surface area contributed by atoms with E-state index in [0.29, 0.717) is 5.69 Å². The summed E-state index contributed by atoms with van der Waals surface area (Å²) in [6.45, 7) is 3.51. The monoisotopic (exact) mass is 246 g/mol. The van der Waals surface area contributed by atoms with Gasteiger partial charge in [-0.2, -0.15) is 0 Å². The summed E-state index contributed by atoms with van der Waals surface area (Å²) in [4.78, 5) is 11.3. The van der Waals surface area contributed by atoms with Crippen LogP contribution in [0.25, 0.3) is 0 Å². The lowest BCUT2D eigenvalue weighted by Gasteiger charge is -2.08. The number of amides is 1. The van der Waals surface area contributed by atoms with Gasteiger partial charge in [0.2, 0.25) is 5.91 Å². The Morgan fingerprint density at radius 1 is 1.50 bits per heavy atom. The molecule has 1 aromatic carbocycles. The number of nitrogens with one attached hydrogen (secondary N) is 1. The van der Waals surface area contributed by atoms with Crippen LogP contribution >= 0.6 is 12.4 Å². The molecule has 0 radical (unpaired) electrons. The molecular formula is C11H16ClFN2O. The van der Waals surface area contributed by atoms with E-state index in [2.05, 4.69) is 5.32 Å². The van der Waals surface area contributed by atoms with E-state index in [4.69, 9.17) is 5.73 Å². The van der Waals surface area contributed by atoms with Crippen molar-refractivity contribution in [1.29, 1.82) is 0 Å². The molecule has 3 nitrogen and oxygen atoms in total. The Morgan fingerprint density at radius 3 is 2.62 bits per heavy atom. The molecule has 0 aliphatic carbocycles. The number of hydrogen-bond donors (Lipinski definition) is 2. The van der Waals surface area contributed by atoms with Gasteiger partial charge in [0, 0.05) is 18.2 Å². The molecule has 0 bridgehead atoms. The predicted octanol–water partition coefficient (Wildman–Crippen LogP) is 2.23. The molecule has 0 aliphatic heterocycles. The molecule has 0 saturated heterocycles. The first-order valence-electron chi connectivity index (χ1n) is 4.80. The Hall–Kier alpha value is -1.13. The minimum absolute atomic E-state index is 0. The molecule has 3 N–H and O–H groups in total. The van der Waals surface area contributed by atoms with Gasteiger partial charge in [-0.05, 0) is 37.6 Å². The molecule has 1 aromatic rings. The number of aryl methyl sites for hydroxylation is 1. The van der Waals surface area contributed by atoms with Gasteiger partial charge in [-0.1, -0.05) is 0 Å². The summed E-state index contributed by atoms with van der Waals surface area (Å²) in [5.74, 6) is -0.555. The maximum atomic E-state index is 13.0. The molecule has 0 aromatic heterocycles. The first kappa shape index (κ1) is 14.9. The lowest BCUT2D eigenvalue weighted by Crippen LogP contribution is -2.24. The first-order chi connectivity index (χ1) is 6.97. The van der Waals surface area contributed by atoms with Gasteiger partial charge < -0.3 is 11.1 Å². The fourth-order valence-electron chi connectivity index (χ4n) is 1.31. The minimum Gasteiger partial charge on any atom is -0.327 e. The molecular weight excluding hydrogens is 231 g/mol. The largest absolute Gasteiger partial charge is 0.327 e. The van der Waals surface area contributed by atoms with Crippen molar-refractivity contribution in [3.63, 3.8) is 0 Å². The minimum atomic E-state index is -0.355. The van der Waals surface area contributed by atoms with E-state index >= 15 is 0 Å². The second-order valence-electron chi connectivity index (χ2n) is 3.75. The zero-order valence-corrected chi connectivity index (χ0v) is 10.1. The van der Waals surface area contributed by atoms with Crippen molar-refractivity contribution in [2.24, 2.45) is 5.73 Å². The van der Waals surface area contributed by atoms with E-state index in [0.717, 1.165) is 5.56 Å². The van der Waals surface area contributed by atoms with Crippen LogP contribution in [-0.4, -0.2) is 11.9 Å². The van der Waals surface area contributed by atoms with Gasteiger partial charge >= 0.3 is 0 Å². The van der Waals surface area contributed by atoms with Gasteiger partial charge in [0.25, 0.3) is 0 Å². The van der Waals surface area contributed by atoms with Crippen LogP contribution in [0.15, 0.2) is 18.2 Å². The highest BCUT2D eigenvalue weighted by molar-refractivity contribution is 5.91. The molecule has 16 heavy (non-hydrogen) atoms. The molecule has 1 amide bonds. The molecule has 5 heteroatoms. The Balaban J connectivity index is 0.00000225. The van der Waals surface area contributed by atoms with E-state index in [1.165, 1.54) is 12.1 Å². The molecule has 0 saturated carbocycles. The molecule has 1 rings (SSSR count). The van der Waals surface area contributed by atoms with E-state index in [1.54, 1.807) is 19.9 Å². The zero-order valence-electron chi connectivity index (χ0n) is 9.29. The van der Waals surface area contributed by atoms with Crippen molar-refractivity contribution in [3.8, 4) is 0 Å². The Morgan fingerprint density at radius 2 is 2.12 bits per heavy atom. The highest BCUT2D eigenvalue weighted by Gasteiger charge is 2.06. The van der Waals surface area contributed by atoms with Gasteiger partial charge in [0.1, 0.15) is 5.82 Å². The zero-order chi connectivity index (χ0) is 11.4. The van der Waals surface area contributed by atoms with Crippen LogP contribution in [0.1, 0.15) is 18.9 Å². The van der Waals surface area contributed by atoms with E-state index in [9.17, 15) is 9.18 Å². The van der Waals surface area contributed by atoms with Gasteiger partial charge in [-0.25, -0.2) is 4.39 Å². The number of halogens is 2. The van der Waals surface area contributed by atoms with E-state index in [1.807, 2.05) is 0 Å². The van der Waals surface area contributed by atoms with Crippen molar-refractivity contribution >= 4 is 24.0 Å². The predicted molar refractivity (Wildman–Crippen MR) is 65.3 cm³/mol. The number of nitrogens with two attached hydrogens (primary N) is 1. The van der Waals surface area contributed by atoms with Gasteiger partial charge in [0.15, 0.2) is 0 Å². The highest BCUT2D eigenvalue weighted by atomic mass is 35.5. The summed E-state index contributed by atoms with van der Waals surface area (Å²) in [5.41, 5.74) is 6.71. The van der Waals surface area contributed by atoms with Gasteiger partial charge in [0.05, 0.1) is 0 Å². The third-order valence-electron chi connectivity index (χ3n) is 1.83. The summed E-state index contributed by atoms with van der Waals surface area (Å²) in [6, 6.07) is 4.20. The molecule has 0 heterocycles. The average molecular weight is 247 g/mol. The normalized spacial score (nSPS) is 11.5. The van der Waals surface area contributed by atoms with Crippen molar-refractivity contribution in [3.05, 3.63) is 29.6 Å². The maximum Gasteiger partial charge on any atom is 0.225 e. The second kappa shape index (κ2) is 6.45. The number of hydrogen-bond acceptors (Lipinski definition) is 2. The summed E-state index contributed by atoms with van der Waals surface area (Å²) in [6.07, 6.45) is 0.232. The lowest BCUT2D eigenvalue weighted by molar-refractivity contribution is -0.116. The van der Waals surface area contributed by atoms with E-state index < -0.39 is 0 Å². The highest BCUT2D eigenvalue weighted by Crippen LogP contribution is 2.13. The smallest absolute Gasteiger partial charge is 0.225 e. The van der Waals surface area contributed by atoms with Crippen LogP contribution in [0, 0.1) is 12.7 Å². The molecule has 0 fully saturated rings. The second-order valence-corrected chi connectivity index (χ2v) is 3.75. The average Bonchev–Trinajstić information content (AvgIpc) is 1.98. The van der Waals surface area contributed by atoms with Crippen molar-refractivity contribution in [2.45, 2.75) is 26.3 Å². The number of benzene rings is 1. The fourth-order valence-corrected chi connectivity index (χ4v) is 1.31. The van der Waals surface area contributed by atoms with Crippen LogP contribution in [0.5, 0.6) is 0 Å². The third-order valence-corrected chi connectivity index (χ3v) is 1.83. The van der Waals surface area contributed by atoms with Crippen LogP contribution in [0.3, 0.4) is 0 Å². The molecule has 90 valence electrons. The van der Waals surface area contributed by atoms with Crippen molar-refractivity contribution < 1.29 is 9.18 Å². The molecule has 0 aliphatic rings. The van der Waals surface area contributed by atoms with Gasteiger partial charge in [-0.3, -0.25) is 4.79 Å². The summed E-state index contributed by atoms with van der Waals surface area (Å²) >= 11 is 0. The van der Waals surface area contributed by atoms with E-state index in [-0.39, 0.29) is 36.6 Å². The fraction of sp³-hybridized carbons (Fsp3) is 0.364. The summed E-state index contributed by atoms with van der Waals surface area (Å²) < 4.78 is 13.0. The topological polar surface area (TPSA) is 55.1 Å². The molecule has 1 unspecified atom stereocenters.